The topological polar surface area (TPSA) is 33.0 Å². The van der Waals surface area contributed by atoms with Crippen molar-refractivity contribution in [1.29, 1.82) is 5.26 Å². The minimum absolute atomic E-state index is 0.0309. The summed E-state index contributed by atoms with van der Waals surface area (Å²) < 4.78 is 18.3. The molecule has 0 heterocycles. The van der Waals surface area contributed by atoms with Crippen LogP contribution in [0.1, 0.15) is 25.8 Å². The Labute approximate surface area is 82.9 Å². The Kier molecular flexibility index (Phi) is 3.47. The fraction of sp³-hybridized carbons (Fsp3) is 0.364. The number of nitrogens with zero attached hydrogens (tertiary/aromatic N) is 1. The van der Waals surface area contributed by atoms with Crippen LogP contribution in [0.3, 0.4) is 0 Å². The molecule has 0 radical (unpaired) electrons. The maximum absolute atomic E-state index is 12.9. The Balaban J connectivity index is 2.88. The van der Waals surface area contributed by atoms with Crippen molar-refractivity contribution in [3.8, 4) is 11.8 Å². The van der Waals surface area contributed by atoms with Gasteiger partial charge in [-0.1, -0.05) is 6.92 Å². The van der Waals surface area contributed by atoms with E-state index in [2.05, 4.69) is 0 Å². The van der Waals surface area contributed by atoms with Gasteiger partial charge in [0.2, 0.25) is 0 Å². The molecule has 14 heavy (non-hydrogen) atoms. The van der Waals surface area contributed by atoms with E-state index in [1.165, 1.54) is 18.2 Å². The van der Waals surface area contributed by atoms with Crippen LogP contribution in [-0.4, -0.2) is 6.10 Å². The lowest BCUT2D eigenvalue weighted by Crippen LogP contribution is -2.09. The highest BCUT2D eigenvalue weighted by Gasteiger charge is 2.04. The molecule has 1 unspecified atom stereocenters. The molecule has 0 saturated carbocycles. The second-order valence-electron chi connectivity index (χ2n) is 3.12. The van der Waals surface area contributed by atoms with Crippen LogP contribution in [0.4, 0.5) is 4.39 Å². The summed E-state index contributed by atoms with van der Waals surface area (Å²) in [5.41, 5.74) is 0.281. The number of hydrogen-bond acceptors (Lipinski definition) is 2. The van der Waals surface area contributed by atoms with Crippen molar-refractivity contribution >= 4 is 0 Å². The first-order valence-corrected chi connectivity index (χ1v) is 4.53. The molecule has 1 aromatic rings. The van der Waals surface area contributed by atoms with Gasteiger partial charge in [-0.3, -0.25) is 0 Å². The molecule has 2 nitrogen and oxygen atoms in total. The zero-order valence-electron chi connectivity index (χ0n) is 8.25. The summed E-state index contributed by atoms with van der Waals surface area (Å²) in [6.45, 7) is 3.88. The molecule has 1 aromatic carbocycles. The van der Waals surface area contributed by atoms with E-state index < -0.39 is 5.82 Å². The van der Waals surface area contributed by atoms with Gasteiger partial charge in [-0.2, -0.15) is 5.26 Å². The van der Waals surface area contributed by atoms with Gasteiger partial charge in [-0.15, -0.1) is 0 Å². The summed E-state index contributed by atoms with van der Waals surface area (Å²) in [6, 6.07) is 5.89. The molecule has 0 amide bonds. The van der Waals surface area contributed by atoms with Crippen LogP contribution in [0.2, 0.25) is 0 Å². The van der Waals surface area contributed by atoms with Crippen LogP contribution in [0, 0.1) is 17.1 Å². The van der Waals surface area contributed by atoms with Crippen LogP contribution in [0.15, 0.2) is 18.2 Å². The summed E-state index contributed by atoms with van der Waals surface area (Å²) in [5.74, 6) is -0.0294. The van der Waals surface area contributed by atoms with Gasteiger partial charge < -0.3 is 4.74 Å². The summed E-state index contributed by atoms with van der Waals surface area (Å²) in [6.07, 6.45) is 0.877. The van der Waals surface area contributed by atoms with E-state index in [0.717, 1.165) is 6.42 Å². The van der Waals surface area contributed by atoms with Crippen molar-refractivity contribution in [3.63, 3.8) is 0 Å². The van der Waals surface area contributed by atoms with E-state index in [0.29, 0.717) is 5.75 Å². The maximum Gasteiger partial charge on any atom is 0.128 e. The average Bonchev–Trinajstić information content (AvgIpc) is 2.16. The van der Waals surface area contributed by atoms with Gasteiger partial charge in [0.05, 0.1) is 17.7 Å². The lowest BCUT2D eigenvalue weighted by Gasteiger charge is -2.12. The third-order valence-electron chi connectivity index (χ3n) is 1.91. The van der Waals surface area contributed by atoms with Crippen molar-refractivity contribution in [1.82, 2.24) is 0 Å². The van der Waals surface area contributed by atoms with Gasteiger partial charge in [-0.05, 0) is 25.5 Å². The number of ether oxygens (including phenoxy) is 1. The molecule has 0 aliphatic heterocycles. The fourth-order valence-electron chi connectivity index (χ4n) is 1.01. The number of benzene rings is 1. The molecule has 0 aliphatic carbocycles. The van der Waals surface area contributed by atoms with Crippen LogP contribution in [-0.2, 0) is 0 Å². The van der Waals surface area contributed by atoms with Crippen molar-refractivity contribution in [2.75, 3.05) is 0 Å². The Hall–Kier alpha value is -1.56. The SMILES string of the molecule is CCC(C)Oc1cc(F)cc(C#N)c1. The molecule has 0 bridgehead atoms. The molecule has 0 aromatic heterocycles. The van der Waals surface area contributed by atoms with Crippen LogP contribution in [0.25, 0.3) is 0 Å². The molecule has 0 aliphatic rings. The highest BCUT2D eigenvalue weighted by Crippen LogP contribution is 2.17. The zero-order valence-corrected chi connectivity index (χ0v) is 8.25. The van der Waals surface area contributed by atoms with Crippen LogP contribution in [0.5, 0.6) is 5.75 Å². The maximum atomic E-state index is 12.9. The predicted octanol–water partition coefficient (Wildman–Crippen LogP) is 2.87. The molecule has 0 saturated heterocycles. The van der Waals surface area contributed by atoms with Crippen molar-refractivity contribution in [3.05, 3.63) is 29.6 Å². The van der Waals surface area contributed by atoms with Crippen molar-refractivity contribution < 1.29 is 9.13 Å². The summed E-state index contributed by atoms with van der Waals surface area (Å²) in [5, 5.41) is 8.61. The molecule has 0 spiro atoms. The first-order valence-electron chi connectivity index (χ1n) is 4.53. The molecule has 0 fully saturated rings. The highest BCUT2D eigenvalue weighted by atomic mass is 19.1. The number of nitriles is 1. The van der Waals surface area contributed by atoms with Gasteiger partial charge in [0.1, 0.15) is 11.6 Å². The smallest absolute Gasteiger partial charge is 0.128 e. The summed E-state index contributed by atoms with van der Waals surface area (Å²) >= 11 is 0. The second kappa shape index (κ2) is 4.61. The van der Waals surface area contributed by atoms with Crippen LogP contribution < -0.4 is 4.74 Å². The molecule has 0 N–H and O–H groups in total. The number of rotatable bonds is 3. The van der Waals surface area contributed by atoms with Gasteiger partial charge in [0, 0.05) is 6.07 Å². The van der Waals surface area contributed by atoms with E-state index in [9.17, 15) is 4.39 Å². The van der Waals surface area contributed by atoms with E-state index in [1.54, 1.807) is 0 Å². The fourth-order valence-corrected chi connectivity index (χ4v) is 1.01. The largest absolute Gasteiger partial charge is 0.491 e. The Bertz CT molecular complexity index is 357. The Morgan fingerprint density at radius 3 is 2.79 bits per heavy atom. The molecular formula is C11H12FNO. The summed E-state index contributed by atoms with van der Waals surface area (Å²) in [7, 11) is 0. The lowest BCUT2D eigenvalue weighted by molar-refractivity contribution is 0.216. The molecule has 74 valence electrons. The third-order valence-corrected chi connectivity index (χ3v) is 1.91. The first kappa shape index (κ1) is 10.5. The minimum Gasteiger partial charge on any atom is -0.491 e. The normalized spacial score (nSPS) is 11.9. The molecule has 1 atom stereocenters. The van der Waals surface area contributed by atoms with E-state index in [-0.39, 0.29) is 11.7 Å². The Morgan fingerprint density at radius 2 is 2.21 bits per heavy atom. The van der Waals surface area contributed by atoms with Gasteiger partial charge in [0.15, 0.2) is 0 Å². The van der Waals surface area contributed by atoms with Gasteiger partial charge in [-0.25, -0.2) is 4.39 Å². The van der Waals surface area contributed by atoms with Crippen LogP contribution >= 0.6 is 0 Å². The summed E-state index contributed by atoms with van der Waals surface area (Å²) in [4.78, 5) is 0. The second-order valence-corrected chi connectivity index (χ2v) is 3.12. The Morgan fingerprint density at radius 1 is 1.50 bits per heavy atom. The molecule has 3 heteroatoms. The van der Waals surface area contributed by atoms with Crippen molar-refractivity contribution in [2.24, 2.45) is 0 Å². The monoisotopic (exact) mass is 193 g/mol. The molecular weight excluding hydrogens is 181 g/mol. The quantitative estimate of drug-likeness (QED) is 0.739. The van der Waals surface area contributed by atoms with Gasteiger partial charge >= 0.3 is 0 Å². The number of hydrogen-bond donors (Lipinski definition) is 0. The minimum atomic E-state index is -0.442. The van der Waals surface area contributed by atoms with E-state index in [4.69, 9.17) is 10.00 Å². The van der Waals surface area contributed by atoms with Crippen molar-refractivity contribution in [2.45, 2.75) is 26.4 Å². The van der Waals surface area contributed by atoms with Gasteiger partial charge in [0.25, 0.3) is 0 Å². The number of halogens is 1. The van der Waals surface area contributed by atoms with E-state index in [1.807, 2.05) is 19.9 Å². The predicted molar refractivity (Wildman–Crippen MR) is 51.5 cm³/mol. The third kappa shape index (κ3) is 2.74. The van der Waals surface area contributed by atoms with E-state index >= 15 is 0 Å². The standard InChI is InChI=1S/C11H12FNO/c1-3-8(2)14-11-5-9(7-13)4-10(12)6-11/h4-6,8H,3H2,1-2H3. The zero-order chi connectivity index (χ0) is 10.6. The average molecular weight is 193 g/mol. The first-order chi connectivity index (χ1) is 6.65. The highest BCUT2D eigenvalue weighted by molar-refractivity contribution is 5.37. The molecule has 1 rings (SSSR count). The lowest BCUT2D eigenvalue weighted by atomic mass is 10.2.